The Balaban J connectivity index is 2.96. The minimum Gasteiger partial charge on any atom is -0.466 e. The molecule has 0 aromatic heterocycles. The maximum atomic E-state index is 11.1. The van der Waals surface area contributed by atoms with Crippen molar-refractivity contribution in [2.24, 2.45) is 0 Å². The Hall–Kier alpha value is -1.03. The van der Waals surface area contributed by atoms with Gasteiger partial charge in [0.2, 0.25) is 0 Å². The van der Waals surface area contributed by atoms with Gasteiger partial charge in [-0.3, -0.25) is 0 Å². The third kappa shape index (κ3) is 2.76. The summed E-state index contributed by atoms with van der Waals surface area (Å²) in [6.07, 6.45) is -1.15. The summed E-state index contributed by atoms with van der Waals surface area (Å²) in [5.41, 5.74) is 0.380. The average Bonchev–Trinajstić information content (AvgIpc) is 2.29. The SMILES string of the molecule is C=C(C(=O)OC)C(O)c1ccc(Cl)c(Cl)c1. The highest BCUT2D eigenvalue weighted by atomic mass is 35.5. The number of hydrogen-bond donors (Lipinski definition) is 1. The summed E-state index contributed by atoms with van der Waals surface area (Å²) < 4.78 is 4.45. The molecule has 0 spiro atoms. The lowest BCUT2D eigenvalue weighted by Crippen LogP contribution is -2.11. The Morgan fingerprint density at radius 1 is 1.44 bits per heavy atom. The molecule has 86 valence electrons. The summed E-state index contributed by atoms with van der Waals surface area (Å²) in [6, 6.07) is 4.57. The molecule has 0 radical (unpaired) electrons. The zero-order chi connectivity index (χ0) is 12.3. The highest BCUT2D eigenvalue weighted by molar-refractivity contribution is 6.42. The van der Waals surface area contributed by atoms with E-state index in [0.717, 1.165) is 0 Å². The van der Waals surface area contributed by atoms with Crippen molar-refractivity contribution in [3.05, 3.63) is 46.0 Å². The molecule has 0 bridgehead atoms. The molecule has 0 amide bonds. The normalized spacial score (nSPS) is 12.0. The number of aliphatic hydroxyl groups excluding tert-OH is 1. The summed E-state index contributed by atoms with van der Waals surface area (Å²) >= 11 is 11.5. The first-order valence-corrected chi connectivity index (χ1v) is 5.13. The van der Waals surface area contributed by atoms with Gasteiger partial charge < -0.3 is 9.84 Å². The molecule has 0 aliphatic carbocycles. The van der Waals surface area contributed by atoms with Crippen molar-refractivity contribution < 1.29 is 14.6 Å². The van der Waals surface area contributed by atoms with Gasteiger partial charge in [-0.1, -0.05) is 35.8 Å². The fraction of sp³-hybridized carbons (Fsp3) is 0.182. The van der Waals surface area contributed by atoms with E-state index in [1.54, 1.807) is 6.07 Å². The van der Waals surface area contributed by atoms with Crippen LogP contribution in [0.1, 0.15) is 11.7 Å². The molecule has 1 aromatic rings. The average molecular weight is 261 g/mol. The van der Waals surface area contributed by atoms with Crippen LogP contribution in [0.5, 0.6) is 0 Å². The first kappa shape index (κ1) is 13.0. The molecule has 0 aliphatic heterocycles. The van der Waals surface area contributed by atoms with Gasteiger partial charge in [-0.2, -0.15) is 0 Å². The Morgan fingerprint density at radius 3 is 2.56 bits per heavy atom. The Kier molecular flexibility index (Phi) is 4.35. The number of ether oxygens (including phenoxy) is 1. The molecular weight excluding hydrogens is 251 g/mol. The highest BCUT2D eigenvalue weighted by Crippen LogP contribution is 2.28. The van der Waals surface area contributed by atoms with Crippen LogP contribution in [0.15, 0.2) is 30.4 Å². The molecule has 0 saturated heterocycles. The monoisotopic (exact) mass is 260 g/mol. The maximum Gasteiger partial charge on any atom is 0.336 e. The zero-order valence-corrected chi connectivity index (χ0v) is 10.0. The predicted molar refractivity (Wildman–Crippen MR) is 62.6 cm³/mol. The van der Waals surface area contributed by atoms with Crippen molar-refractivity contribution in [1.82, 2.24) is 0 Å². The van der Waals surface area contributed by atoms with Gasteiger partial charge in [-0.15, -0.1) is 0 Å². The molecule has 1 rings (SSSR count). The van der Waals surface area contributed by atoms with Crippen LogP contribution >= 0.6 is 23.2 Å². The van der Waals surface area contributed by atoms with Crippen molar-refractivity contribution in [1.29, 1.82) is 0 Å². The van der Waals surface area contributed by atoms with Crippen molar-refractivity contribution in [3.8, 4) is 0 Å². The molecule has 1 aromatic carbocycles. The zero-order valence-electron chi connectivity index (χ0n) is 8.54. The van der Waals surface area contributed by atoms with Crippen molar-refractivity contribution >= 4 is 29.2 Å². The van der Waals surface area contributed by atoms with Crippen LogP contribution < -0.4 is 0 Å². The van der Waals surface area contributed by atoms with E-state index >= 15 is 0 Å². The van der Waals surface area contributed by atoms with Gasteiger partial charge in [0, 0.05) is 0 Å². The maximum absolute atomic E-state index is 11.1. The molecule has 5 heteroatoms. The predicted octanol–water partition coefficient (Wildman–Crippen LogP) is 2.76. The van der Waals surface area contributed by atoms with Gasteiger partial charge in [0.1, 0.15) is 6.10 Å². The van der Waals surface area contributed by atoms with Crippen LogP contribution in [0.4, 0.5) is 0 Å². The second-order valence-electron chi connectivity index (χ2n) is 3.09. The van der Waals surface area contributed by atoms with Gasteiger partial charge in [0.25, 0.3) is 0 Å². The minimum absolute atomic E-state index is 0.0547. The summed E-state index contributed by atoms with van der Waals surface area (Å²) in [7, 11) is 1.22. The Bertz CT molecular complexity index is 429. The second-order valence-corrected chi connectivity index (χ2v) is 3.91. The van der Waals surface area contributed by atoms with Gasteiger partial charge >= 0.3 is 5.97 Å². The van der Waals surface area contributed by atoms with Crippen molar-refractivity contribution in [2.45, 2.75) is 6.10 Å². The van der Waals surface area contributed by atoms with Gasteiger partial charge in [0.15, 0.2) is 0 Å². The molecule has 1 unspecified atom stereocenters. The minimum atomic E-state index is -1.15. The summed E-state index contributed by atoms with van der Waals surface area (Å²) in [4.78, 5) is 11.1. The van der Waals surface area contributed by atoms with Crippen molar-refractivity contribution in [2.75, 3.05) is 7.11 Å². The number of methoxy groups -OCH3 is 1. The van der Waals surface area contributed by atoms with Crippen LogP contribution in [0.2, 0.25) is 10.0 Å². The van der Waals surface area contributed by atoms with E-state index in [0.29, 0.717) is 15.6 Å². The summed E-state index contributed by atoms with van der Waals surface area (Å²) in [5, 5.41) is 10.5. The van der Waals surface area contributed by atoms with Crippen molar-refractivity contribution in [3.63, 3.8) is 0 Å². The molecule has 1 N–H and O–H groups in total. The van der Waals surface area contributed by atoms with E-state index in [-0.39, 0.29) is 5.57 Å². The molecular formula is C11H10Cl2O3. The van der Waals surface area contributed by atoms with Crippen LogP contribution in [0, 0.1) is 0 Å². The van der Waals surface area contributed by atoms with E-state index in [1.807, 2.05) is 0 Å². The van der Waals surface area contributed by atoms with E-state index < -0.39 is 12.1 Å². The van der Waals surface area contributed by atoms with E-state index in [4.69, 9.17) is 23.2 Å². The van der Waals surface area contributed by atoms with Crippen LogP contribution in [-0.4, -0.2) is 18.2 Å². The number of carbonyl (C=O) groups is 1. The molecule has 0 fully saturated rings. The number of esters is 1. The van der Waals surface area contributed by atoms with Gasteiger partial charge in [-0.25, -0.2) is 4.79 Å². The third-order valence-electron chi connectivity index (χ3n) is 2.04. The largest absolute Gasteiger partial charge is 0.466 e. The van der Waals surface area contributed by atoms with Gasteiger partial charge in [0.05, 0.1) is 22.7 Å². The fourth-order valence-electron chi connectivity index (χ4n) is 1.13. The molecule has 3 nitrogen and oxygen atoms in total. The first-order chi connectivity index (χ1) is 7.47. The third-order valence-corrected chi connectivity index (χ3v) is 2.78. The smallest absolute Gasteiger partial charge is 0.336 e. The molecule has 0 heterocycles. The first-order valence-electron chi connectivity index (χ1n) is 4.37. The number of carbonyl (C=O) groups excluding carboxylic acids is 1. The lowest BCUT2D eigenvalue weighted by atomic mass is 10.0. The van der Waals surface area contributed by atoms with E-state index in [2.05, 4.69) is 11.3 Å². The highest BCUT2D eigenvalue weighted by Gasteiger charge is 2.19. The summed E-state index contributed by atoms with van der Waals surface area (Å²) in [6.45, 7) is 3.45. The van der Waals surface area contributed by atoms with Crippen LogP contribution in [0.3, 0.4) is 0 Å². The molecule has 16 heavy (non-hydrogen) atoms. The number of halogens is 2. The fourth-order valence-corrected chi connectivity index (χ4v) is 1.43. The lowest BCUT2D eigenvalue weighted by molar-refractivity contribution is -0.137. The standard InChI is InChI=1S/C11H10Cl2O3/c1-6(11(15)16-2)10(14)7-3-4-8(12)9(13)5-7/h3-5,10,14H,1H2,2H3. The summed E-state index contributed by atoms with van der Waals surface area (Å²) in [5.74, 6) is -0.668. The second kappa shape index (κ2) is 5.34. The topological polar surface area (TPSA) is 46.5 Å². The van der Waals surface area contributed by atoms with Crippen LogP contribution in [0.25, 0.3) is 0 Å². The number of hydrogen-bond acceptors (Lipinski definition) is 3. The molecule has 0 saturated carbocycles. The van der Waals surface area contributed by atoms with Gasteiger partial charge in [-0.05, 0) is 17.7 Å². The Morgan fingerprint density at radius 2 is 2.06 bits per heavy atom. The number of rotatable bonds is 3. The molecule has 0 aliphatic rings. The number of benzene rings is 1. The lowest BCUT2D eigenvalue weighted by Gasteiger charge is -2.12. The van der Waals surface area contributed by atoms with E-state index in [1.165, 1.54) is 19.2 Å². The number of aliphatic hydroxyl groups is 1. The van der Waals surface area contributed by atoms with E-state index in [9.17, 15) is 9.90 Å². The molecule has 1 atom stereocenters. The van der Waals surface area contributed by atoms with Crippen LogP contribution in [-0.2, 0) is 9.53 Å². The Labute approximate surface area is 103 Å². The quantitative estimate of drug-likeness (QED) is 0.672.